The lowest BCUT2D eigenvalue weighted by atomic mass is 9.82. The van der Waals surface area contributed by atoms with Crippen LogP contribution >= 0.6 is 0 Å². The van der Waals surface area contributed by atoms with Crippen molar-refractivity contribution in [2.45, 2.75) is 26.2 Å². The fourth-order valence-corrected chi connectivity index (χ4v) is 4.22. The number of hydrogen-bond donors (Lipinski definition) is 0. The highest BCUT2D eigenvalue weighted by Gasteiger charge is 2.35. The highest BCUT2D eigenvalue weighted by atomic mass is 16.5. The zero-order valence-electron chi connectivity index (χ0n) is 17.9. The van der Waals surface area contributed by atoms with Gasteiger partial charge in [-0.1, -0.05) is 35.9 Å². The van der Waals surface area contributed by atoms with E-state index in [-0.39, 0.29) is 11.9 Å². The lowest BCUT2D eigenvalue weighted by Gasteiger charge is -2.37. The third-order valence-electron chi connectivity index (χ3n) is 5.73. The molecule has 2 heterocycles. The molecule has 0 fully saturated rings. The monoisotopic (exact) mass is 405 g/mol. The van der Waals surface area contributed by atoms with Crippen molar-refractivity contribution in [3.8, 4) is 11.5 Å². The molecule has 0 bridgehead atoms. The van der Waals surface area contributed by atoms with Crippen LogP contribution in [0.1, 0.15) is 35.1 Å². The normalized spacial score (nSPS) is 17.3. The van der Waals surface area contributed by atoms with Gasteiger partial charge in [0.05, 0.1) is 32.1 Å². The van der Waals surface area contributed by atoms with Crippen molar-refractivity contribution in [3.05, 3.63) is 76.5 Å². The van der Waals surface area contributed by atoms with Crippen LogP contribution in [0, 0.1) is 6.92 Å². The van der Waals surface area contributed by atoms with Crippen LogP contribution in [-0.2, 0) is 16.0 Å². The molecule has 0 saturated carbocycles. The van der Waals surface area contributed by atoms with Crippen molar-refractivity contribution in [1.82, 2.24) is 4.90 Å². The number of allylic oxidation sites excluding steroid dienone is 1. The zero-order chi connectivity index (χ0) is 21.3. The minimum atomic E-state index is -0.282. The first-order chi connectivity index (χ1) is 14.6. The topological polar surface area (TPSA) is 48.0 Å². The maximum Gasteiger partial charge on any atom is 0.337 e. The molecule has 0 N–H and O–H groups in total. The second-order valence-corrected chi connectivity index (χ2v) is 7.52. The molecule has 0 saturated heterocycles. The Morgan fingerprint density at radius 3 is 2.47 bits per heavy atom. The van der Waals surface area contributed by atoms with Crippen molar-refractivity contribution in [2.24, 2.45) is 0 Å². The molecule has 5 heteroatoms. The van der Waals surface area contributed by atoms with Crippen LogP contribution < -0.4 is 9.47 Å². The number of benzene rings is 2. The van der Waals surface area contributed by atoms with Crippen LogP contribution in [-0.4, -0.2) is 38.2 Å². The molecule has 2 aliphatic heterocycles. The van der Waals surface area contributed by atoms with E-state index in [0.717, 1.165) is 35.4 Å². The second kappa shape index (κ2) is 8.27. The van der Waals surface area contributed by atoms with E-state index in [1.54, 1.807) is 14.2 Å². The van der Waals surface area contributed by atoms with Crippen molar-refractivity contribution in [2.75, 3.05) is 27.4 Å². The van der Waals surface area contributed by atoms with Crippen LogP contribution in [0.2, 0.25) is 0 Å². The number of ether oxygens (including phenoxy) is 3. The van der Waals surface area contributed by atoms with Crippen molar-refractivity contribution < 1.29 is 19.0 Å². The van der Waals surface area contributed by atoms with Gasteiger partial charge in [0, 0.05) is 24.2 Å². The molecule has 0 spiro atoms. The van der Waals surface area contributed by atoms with E-state index < -0.39 is 0 Å². The van der Waals surface area contributed by atoms with E-state index in [0.29, 0.717) is 23.7 Å². The van der Waals surface area contributed by atoms with Crippen molar-refractivity contribution in [1.29, 1.82) is 0 Å². The summed E-state index contributed by atoms with van der Waals surface area (Å²) in [6, 6.07) is 12.3. The average molecular weight is 405 g/mol. The first-order valence-electron chi connectivity index (χ1n) is 10.3. The number of carbonyl (C=O) groups excluding carboxylic acids is 1. The number of methoxy groups -OCH3 is 2. The Bertz CT molecular complexity index is 1020. The first kappa shape index (κ1) is 20.1. The predicted molar refractivity (Wildman–Crippen MR) is 117 cm³/mol. The number of esters is 1. The third kappa shape index (κ3) is 3.45. The quantitative estimate of drug-likeness (QED) is 0.688. The van der Waals surface area contributed by atoms with Gasteiger partial charge >= 0.3 is 5.97 Å². The lowest BCUT2D eigenvalue weighted by molar-refractivity contribution is -0.138. The Morgan fingerprint density at radius 2 is 1.80 bits per heavy atom. The Kier molecular flexibility index (Phi) is 5.53. The zero-order valence-corrected chi connectivity index (χ0v) is 17.9. The van der Waals surface area contributed by atoms with Crippen molar-refractivity contribution >= 4 is 11.7 Å². The molecule has 0 aliphatic carbocycles. The smallest absolute Gasteiger partial charge is 0.337 e. The summed E-state index contributed by atoms with van der Waals surface area (Å²) < 4.78 is 16.6. The van der Waals surface area contributed by atoms with Gasteiger partial charge in [-0.05, 0) is 43.5 Å². The summed E-state index contributed by atoms with van der Waals surface area (Å²) in [5.41, 5.74) is 5.94. The largest absolute Gasteiger partial charge is 0.493 e. The average Bonchev–Trinajstić information content (AvgIpc) is 2.77. The molecular weight excluding hydrogens is 378 g/mol. The fraction of sp³-hybridized carbons (Fsp3) is 0.320. The molecule has 2 aliphatic rings. The summed E-state index contributed by atoms with van der Waals surface area (Å²) in [6.07, 6.45) is 5.03. The van der Waals surface area contributed by atoms with E-state index in [4.69, 9.17) is 14.2 Å². The summed E-state index contributed by atoms with van der Waals surface area (Å²) >= 11 is 0. The van der Waals surface area contributed by atoms with Gasteiger partial charge in [0.25, 0.3) is 0 Å². The number of aryl methyl sites for hydroxylation is 1. The van der Waals surface area contributed by atoms with Crippen LogP contribution in [0.15, 0.2) is 54.2 Å². The maximum atomic E-state index is 13.2. The van der Waals surface area contributed by atoms with Gasteiger partial charge in [0.1, 0.15) is 0 Å². The third-order valence-corrected chi connectivity index (χ3v) is 5.73. The SMILES string of the molecule is CCOC(=O)C1=C2c3cc(OC)c(OC)cc3CCN2C=C[C@H]1c1ccc(C)cc1. The molecule has 0 amide bonds. The Hall–Kier alpha value is -3.21. The van der Waals surface area contributed by atoms with E-state index in [1.807, 2.05) is 19.1 Å². The Morgan fingerprint density at radius 1 is 1.10 bits per heavy atom. The van der Waals surface area contributed by atoms with E-state index in [9.17, 15) is 4.79 Å². The molecule has 0 aromatic heterocycles. The lowest BCUT2D eigenvalue weighted by Crippen LogP contribution is -2.32. The number of carbonyl (C=O) groups is 1. The summed E-state index contributed by atoms with van der Waals surface area (Å²) in [5, 5.41) is 0. The highest BCUT2D eigenvalue weighted by Crippen LogP contribution is 2.44. The molecule has 0 radical (unpaired) electrons. The standard InChI is InChI=1S/C25H27NO4/c1-5-30-25(27)23-19(17-8-6-16(2)7-9-17)11-13-26-12-10-18-14-21(28-3)22(29-4)15-20(18)24(23)26/h6-9,11,13-15,19H,5,10,12H2,1-4H3/t19-/m0/s1. The molecular formula is C25H27NO4. The molecule has 4 rings (SSSR count). The van der Waals surface area contributed by atoms with Crippen LogP contribution in [0.4, 0.5) is 0 Å². The summed E-state index contributed by atoms with van der Waals surface area (Å²) in [5.74, 6) is 0.893. The first-order valence-corrected chi connectivity index (χ1v) is 10.3. The molecule has 156 valence electrons. The summed E-state index contributed by atoms with van der Waals surface area (Å²) in [7, 11) is 3.26. The van der Waals surface area contributed by atoms with Gasteiger partial charge in [-0.15, -0.1) is 0 Å². The van der Waals surface area contributed by atoms with Crippen LogP contribution in [0.25, 0.3) is 5.70 Å². The van der Waals surface area contributed by atoms with Gasteiger partial charge in [0.2, 0.25) is 0 Å². The number of rotatable bonds is 5. The van der Waals surface area contributed by atoms with Gasteiger partial charge in [0.15, 0.2) is 11.5 Å². The summed E-state index contributed by atoms with van der Waals surface area (Å²) in [4.78, 5) is 15.3. The Balaban J connectivity index is 1.94. The van der Waals surface area contributed by atoms with Gasteiger partial charge in [-0.2, -0.15) is 0 Å². The van der Waals surface area contributed by atoms with E-state index >= 15 is 0 Å². The van der Waals surface area contributed by atoms with Gasteiger partial charge in [-0.3, -0.25) is 0 Å². The molecule has 0 unspecified atom stereocenters. The van der Waals surface area contributed by atoms with E-state index in [2.05, 4.69) is 48.4 Å². The fourth-order valence-electron chi connectivity index (χ4n) is 4.22. The number of hydrogen-bond acceptors (Lipinski definition) is 5. The number of nitrogens with zero attached hydrogens (tertiary/aromatic N) is 1. The van der Waals surface area contributed by atoms with Crippen molar-refractivity contribution in [3.63, 3.8) is 0 Å². The van der Waals surface area contributed by atoms with Gasteiger partial charge < -0.3 is 19.1 Å². The Labute approximate surface area is 177 Å². The molecule has 2 aromatic carbocycles. The highest BCUT2D eigenvalue weighted by molar-refractivity contribution is 6.01. The summed E-state index contributed by atoms with van der Waals surface area (Å²) in [6.45, 7) is 5.02. The van der Waals surface area contributed by atoms with Crippen LogP contribution in [0.3, 0.4) is 0 Å². The minimum absolute atomic E-state index is 0.171. The maximum absolute atomic E-state index is 13.2. The predicted octanol–water partition coefficient (Wildman–Crippen LogP) is 4.46. The van der Waals surface area contributed by atoms with Crippen LogP contribution in [0.5, 0.6) is 11.5 Å². The van der Waals surface area contributed by atoms with E-state index in [1.165, 1.54) is 5.56 Å². The second-order valence-electron chi connectivity index (χ2n) is 7.52. The molecule has 2 aromatic rings. The number of fused-ring (bicyclic) bond motifs is 3. The van der Waals surface area contributed by atoms with Gasteiger partial charge in [-0.25, -0.2) is 4.79 Å². The molecule has 30 heavy (non-hydrogen) atoms. The minimum Gasteiger partial charge on any atom is -0.493 e. The molecule has 5 nitrogen and oxygen atoms in total. The molecule has 1 atom stereocenters.